The number of β-amino-alcohol motifs (C(OH)–C–C–N with tert-alkyl or cyclic N) is 1. The highest BCUT2D eigenvalue weighted by atomic mass is 16.3. The van der Waals surface area contributed by atoms with Crippen molar-refractivity contribution in [2.75, 3.05) is 13.1 Å². The van der Waals surface area contributed by atoms with Crippen molar-refractivity contribution in [1.82, 2.24) is 4.90 Å². The van der Waals surface area contributed by atoms with Crippen LogP contribution in [-0.2, 0) is 0 Å². The second kappa shape index (κ2) is 3.21. The monoisotopic (exact) mass is 197 g/mol. The van der Waals surface area contributed by atoms with Gasteiger partial charge in [-0.2, -0.15) is 0 Å². The van der Waals surface area contributed by atoms with Gasteiger partial charge in [-0.05, 0) is 45.4 Å². The number of nitrogens with zero attached hydrogens (tertiary/aromatic N) is 1. The third kappa shape index (κ3) is 1.82. The van der Waals surface area contributed by atoms with Crippen molar-refractivity contribution in [2.45, 2.75) is 58.1 Å². The zero-order chi connectivity index (χ0) is 10.4. The molecule has 1 saturated heterocycles. The fraction of sp³-hybridized carbons (Fsp3) is 1.00. The van der Waals surface area contributed by atoms with E-state index in [1.54, 1.807) is 0 Å². The zero-order valence-corrected chi connectivity index (χ0v) is 9.71. The van der Waals surface area contributed by atoms with E-state index in [9.17, 15) is 5.11 Å². The predicted octanol–water partition coefficient (Wildman–Crippen LogP) is 2.02. The lowest BCUT2D eigenvalue weighted by Gasteiger charge is -2.54. The van der Waals surface area contributed by atoms with Gasteiger partial charge in [0.2, 0.25) is 0 Å². The van der Waals surface area contributed by atoms with E-state index in [4.69, 9.17) is 0 Å². The lowest BCUT2D eigenvalue weighted by Crippen LogP contribution is -2.57. The summed E-state index contributed by atoms with van der Waals surface area (Å²) in [4.78, 5) is 2.46. The van der Waals surface area contributed by atoms with E-state index in [0.717, 1.165) is 13.0 Å². The number of aliphatic hydroxyl groups excluding tert-OH is 1. The average Bonchev–Trinajstić information content (AvgIpc) is 1.98. The molecular weight excluding hydrogens is 174 g/mol. The van der Waals surface area contributed by atoms with Gasteiger partial charge in [-0.3, -0.25) is 4.90 Å². The van der Waals surface area contributed by atoms with Gasteiger partial charge in [0.1, 0.15) is 0 Å². The van der Waals surface area contributed by atoms with Crippen LogP contribution in [0.3, 0.4) is 0 Å². The van der Waals surface area contributed by atoms with Crippen molar-refractivity contribution < 1.29 is 5.11 Å². The summed E-state index contributed by atoms with van der Waals surface area (Å²) in [6, 6.07) is 0. The zero-order valence-electron chi connectivity index (χ0n) is 9.71. The molecule has 0 aromatic carbocycles. The standard InChI is InChI=1S/C12H23NO/c1-11(2,3)13-8-10(14)7-12(9-13)5-4-6-12/h10,14H,4-9H2,1-3H3/t10-/m1/s1. The molecule has 1 atom stereocenters. The van der Waals surface area contributed by atoms with Crippen LogP contribution in [0.4, 0.5) is 0 Å². The molecule has 2 rings (SSSR count). The normalized spacial score (nSPS) is 33.0. The van der Waals surface area contributed by atoms with Crippen LogP contribution in [0.5, 0.6) is 0 Å². The minimum absolute atomic E-state index is 0.0942. The molecule has 82 valence electrons. The van der Waals surface area contributed by atoms with Gasteiger partial charge in [0, 0.05) is 18.6 Å². The summed E-state index contributed by atoms with van der Waals surface area (Å²) < 4.78 is 0. The lowest BCUT2D eigenvalue weighted by atomic mass is 9.63. The first-order valence-corrected chi connectivity index (χ1v) is 5.84. The van der Waals surface area contributed by atoms with Gasteiger partial charge in [0.25, 0.3) is 0 Å². The van der Waals surface area contributed by atoms with Gasteiger partial charge in [0.05, 0.1) is 6.10 Å². The number of hydrogen-bond donors (Lipinski definition) is 1. The molecule has 0 unspecified atom stereocenters. The van der Waals surface area contributed by atoms with Crippen LogP contribution in [-0.4, -0.2) is 34.7 Å². The molecule has 2 heteroatoms. The second-order valence-corrected chi connectivity index (χ2v) is 6.26. The molecule has 0 aromatic heterocycles. The number of hydrogen-bond acceptors (Lipinski definition) is 2. The lowest BCUT2D eigenvalue weighted by molar-refractivity contribution is -0.0787. The smallest absolute Gasteiger partial charge is 0.0673 e. The Kier molecular flexibility index (Phi) is 2.39. The molecule has 2 nitrogen and oxygen atoms in total. The van der Waals surface area contributed by atoms with Crippen LogP contribution in [0.2, 0.25) is 0 Å². The summed E-state index contributed by atoms with van der Waals surface area (Å²) in [6.45, 7) is 8.81. The quantitative estimate of drug-likeness (QED) is 0.642. The molecule has 1 heterocycles. The van der Waals surface area contributed by atoms with Crippen LogP contribution in [0.1, 0.15) is 46.5 Å². The van der Waals surface area contributed by atoms with Crippen molar-refractivity contribution in [3.05, 3.63) is 0 Å². The first-order chi connectivity index (χ1) is 6.41. The summed E-state index contributed by atoms with van der Waals surface area (Å²) in [6.07, 6.45) is 4.97. The Hall–Kier alpha value is -0.0800. The maximum atomic E-state index is 9.90. The molecule has 0 aromatic rings. The largest absolute Gasteiger partial charge is 0.392 e. The van der Waals surface area contributed by atoms with E-state index in [-0.39, 0.29) is 11.6 Å². The molecule has 0 radical (unpaired) electrons. The molecule has 1 aliphatic heterocycles. The summed E-state index contributed by atoms with van der Waals surface area (Å²) in [5.41, 5.74) is 0.689. The Bertz CT molecular complexity index is 215. The number of aliphatic hydroxyl groups is 1. The van der Waals surface area contributed by atoms with Gasteiger partial charge in [0.15, 0.2) is 0 Å². The predicted molar refractivity (Wildman–Crippen MR) is 58.2 cm³/mol. The molecule has 1 N–H and O–H groups in total. The molecule has 2 fully saturated rings. The van der Waals surface area contributed by atoms with Gasteiger partial charge >= 0.3 is 0 Å². The molecule has 0 bridgehead atoms. The van der Waals surface area contributed by atoms with Gasteiger partial charge in [-0.15, -0.1) is 0 Å². The molecule has 2 aliphatic rings. The Morgan fingerprint density at radius 3 is 2.36 bits per heavy atom. The third-order valence-corrected chi connectivity index (χ3v) is 3.99. The van der Waals surface area contributed by atoms with Crippen molar-refractivity contribution in [1.29, 1.82) is 0 Å². The molecule has 1 saturated carbocycles. The number of rotatable bonds is 0. The van der Waals surface area contributed by atoms with Crippen LogP contribution in [0, 0.1) is 5.41 Å². The third-order valence-electron chi connectivity index (χ3n) is 3.99. The van der Waals surface area contributed by atoms with Crippen molar-refractivity contribution >= 4 is 0 Å². The topological polar surface area (TPSA) is 23.5 Å². The van der Waals surface area contributed by atoms with Crippen LogP contribution in [0.25, 0.3) is 0 Å². The minimum atomic E-state index is -0.0942. The van der Waals surface area contributed by atoms with E-state index >= 15 is 0 Å². The maximum absolute atomic E-state index is 9.90. The summed E-state index contributed by atoms with van der Waals surface area (Å²) in [7, 11) is 0. The highest BCUT2D eigenvalue weighted by Crippen LogP contribution is 2.48. The molecule has 1 aliphatic carbocycles. The minimum Gasteiger partial charge on any atom is -0.392 e. The second-order valence-electron chi connectivity index (χ2n) is 6.26. The van der Waals surface area contributed by atoms with Crippen molar-refractivity contribution in [3.8, 4) is 0 Å². The van der Waals surface area contributed by atoms with E-state index in [1.165, 1.54) is 25.8 Å². The van der Waals surface area contributed by atoms with E-state index < -0.39 is 0 Å². The SMILES string of the molecule is CC(C)(C)N1C[C@H](O)CC2(CCC2)C1. The first-order valence-electron chi connectivity index (χ1n) is 5.84. The summed E-state index contributed by atoms with van der Waals surface area (Å²) >= 11 is 0. The maximum Gasteiger partial charge on any atom is 0.0673 e. The molecule has 14 heavy (non-hydrogen) atoms. The first kappa shape index (κ1) is 10.4. The highest BCUT2D eigenvalue weighted by molar-refractivity contribution is 4.98. The number of piperidine rings is 1. The average molecular weight is 197 g/mol. The molecule has 0 amide bonds. The molecular formula is C12H23NO. The van der Waals surface area contributed by atoms with Gasteiger partial charge in [-0.25, -0.2) is 0 Å². The Balaban J connectivity index is 2.06. The van der Waals surface area contributed by atoms with Crippen molar-refractivity contribution in [3.63, 3.8) is 0 Å². The van der Waals surface area contributed by atoms with Gasteiger partial charge in [-0.1, -0.05) is 6.42 Å². The van der Waals surface area contributed by atoms with Crippen LogP contribution < -0.4 is 0 Å². The number of likely N-dealkylation sites (tertiary alicyclic amines) is 1. The van der Waals surface area contributed by atoms with Gasteiger partial charge < -0.3 is 5.11 Å². The van der Waals surface area contributed by atoms with E-state index in [1.807, 2.05) is 0 Å². The fourth-order valence-corrected chi connectivity index (χ4v) is 2.90. The summed E-state index contributed by atoms with van der Waals surface area (Å²) in [5, 5.41) is 9.90. The van der Waals surface area contributed by atoms with E-state index in [0.29, 0.717) is 5.41 Å². The Morgan fingerprint density at radius 1 is 1.29 bits per heavy atom. The van der Waals surface area contributed by atoms with Crippen LogP contribution >= 0.6 is 0 Å². The Labute approximate surface area is 87.3 Å². The fourth-order valence-electron chi connectivity index (χ4n) is 2.90. The van der Waals surface area contributed by atoms with E-state index in [2.05, 4.69) is 25.7 Å². The van der Waals surface area contributed by atoms with Crippen molar-refractivity contribution in [2.24, 2.45) is 5.41 Å². The summed E-state index contributed by atoms with van der Waals surface area (Å²) in [5.74, 6) is 0. The Morgan fingerprint density at radius 2 is 1.93 bits per heavy atom. The van der Waals surface area contributed by atoms with Crippen LogP contribution in [0.15, 0.2) is 0 Å². The molecule has 1 spiro atoms. The highest BCUT2D eigenvalue weighted by Gasteiger charge is 2.45.